The van der Waals surface area contributed by atoms with Crippen molar-refractivity contribution in [3.05, 3.63) is 71.8 Å². The van der Waals surface area contributed by atoms with E-state index in [1.54, 1.807) is 11.0 Å². The number of unbranched alkanes of at least 4 members (excludes halogenated alkanes) is 3. The molecule has 0 radical (unpaired) electrons. The van der Waals surface area contributed by atoms with Crippen molar-refractivity contribution in [3.63, 3.8) is 0 Å². The van der Waals surface area contributed by atoms with E-state index in [0.29, 0.717) is 19.7 Å². The van der Waals surface area contributed by atoms with Gasteiger partial charge in [-0.1, -0.05) is 69.2 Å². The molecule has 0 heterocycles. The Kier molecular flexibility index (Phi) is 9.64. The van der Waals surface area contributed by atoms with Gasteiger partial charge in [0, 0.05) is 13.1 Å². The van der Waals surface area contributed by atoms with E-state index >= 15 is 0 Å². The number of hydrogen-bond donors (Lipinski definition) is 0. The number of nitrogens with zero attached hydrogens (tertiary/aromatic N) is 1. The van der Waals surface area contributed by atoms with Gasteiger partial charge in [0.1, 0.15) is 18.0 Å². The van der Waals surface area contributed by atoms with E-state index in [-0.39, 0.29) is 6.09 Å². The van der Waals surface area contributed by atoms with E-state index < -0.39 is 5.60 Å². The normalized spacial score (nSPS) is 11.1. The summed E-state index contributed by atoms with van der Waals surface area (Å²) in [6.07, 6.45) is 5.93. The summed E-state index contributed by atoms with van der Waals surface area (Å²) in [5, 5.41) is 0. The fourth-order valence-electron chi connectivity index (χ4n) is 3.23. The van der Waals surface area contributed by atoms with E-state index in [4.69, 9.17) is 9.47 Å². The molecule has 4 nitrogen and oxygen atoms in total. The van der Waals surface area contributed by atoms with E-state index in [2.05, 4.69) is 13.5 Å². The summed E-state index contributed by atoms with van der Waals surface area (Å²) in [7, 11) is 0. The fourth-order valence-corrected chi connectivity index (χ4v) is 3.23. The number of benzene rings is 2. The largest absolute Gasteiger partial charge is 0.489 e. The minimum atomic E-state index is -0.522. The van der Waals surface area contributed by atoms with E-state index in [0.717, 1.165) is 41.7 Å². The molecule has 2 aromatic rings. The Bertz CT molecular complexity index is 824. The Balaban J connectivity index is 2.14. The van der Waals surface area contributed by atoms with Gasteiger partial charge in [-0.2, -0.15) is 0 Å². The van der Waals surface area contributed by atoms with Crippen molar-refractivity contribution in [2.24, 2.45) is 0 Å². The van der Waals surface area contributed by atoms with Crippen molar-refractivity contribution in [2.75, 3.05) is 6.54 Å². The van der Waals surface area contributed by atoms with E-state index in [1.807, 2.05) is 69.3 Å². The maximum Gasteiger partial charge on any atom is 0.410 e. The van der Waals surface area contributed by atoms with Gasteiger partial charge in [-0.25, -0.2) is 4.79 Å². The maximum absolute atomic E-state index is 12.8. The maximum atomic E-state index is 12.8. The lowest BCUT2D eigenvalue weighted by Gasteiger charge is -2.28. The zero-order valence-electron chi connectivity index (χ0n) is 19.5. The molecule has 0 N–H and O–H groups in total. The SMILES string of the molecule is C=Cc1cc(CN(CCCCCC)C(=O)OC(C)(C)C)cc(OCc2ccccc2)c1. The number of carbonyl (C=O) groups excluding carboxylic acids is 1. The first-order valence-electron chi connectivity index (χ1n) is 11.2. The van der Waals surface area contributed by atoms with Crippen molar-refractivity contribution < 1.29 is 14.3 Å². The van der Waals surface area contributed by atoms with Gasteiger partial charge in [-0.3, -0.25) is 0 Å². The van der Waals surface area contributed by atoms with Crippen LogP contribution in [0.1, 0.15) is 70.1 Å². The first kappa shape index (κ1) is 24.5. The van der Waals surface area contributed by atoms with Crippen LogP contribution in [0.15, 0.2) is 55.1 Å². The second-order valence-electron chi connectivity index (χ2n) is 8.85. The summed E-state index contributed by atoms with van der Waals surface area (Å²) in [6, 6.07) is 16.1. The zero-order chi connectivity index (χ0) is 22.7. The van der Waals surface area contributed by atoms with Crippen molar-refractivity contribution in [1.82, 2.24) is 4.90 Å². The Morgan fingerprint density at radius 2 is 1.77 bits per heavy atom. The monoisotopic (exact) mass is 423 g/mol. The molecule has 0 aliphatic heterocycles. The minimum Gasteiger partial charge on any atom is -0.489 e. The second kappa shape index (κ2) is 12.2. The third-order valence-electron chi connectivity index (χ3n) is 4.78. The number of amides is 1. The Labute approximate surface area is 187 Å². The predicted octanol–water partition coefficient (Wildman–Crippen LogP) is 7.23. The molecule has 31 heavy (non-hydrogen) atoms. The van der Waals surface area contributed by atoms with Crippen molar-refractivity contribution in [3.8, 4) is 5.75 Å². The third kappa shape index (κ3) is 9.29. The minimum absolute atomic E-state index is 0.278. The van der Waals surface area contributed by atoms with Crippen molar-refractivity contribution >= 4 is 12.2 Å². The highest BCUT2D eigenvalue weighted by atomic mass is 16.6. The molecule has 0 aromatic heterocycles. The summed E-state index contributed by atoms with van der Waals surface area (Å²) < 4.78 is 11.7. The van der Waals surface area contributed by atoms with Crippen molar-refractivity contribution in [2.45, 2.75) is 72.1 Å². The smallest absolute Gasteiger partial charge is 0.410 e. The standard InChI is InChI=1S/C27H37NO3/c1-6-8-9-13-16-28(26(29)31-27(3,4)5)20-24-17-22(7-2)18-25(19-24)30-21-23-14-11-10-12-15-23/h7,10-12,14-15,17-19H,2,6,8-9,13,16,20-21H2,1,3-5H3. The van der Waals surface area contributed by atoms with Crippen LogP contribution in [-0.2, 0) is 17.9 Å². The summed E-state index contributed by atoms with van der Waals surface area (Å²) in [5.41, 5.74) is 2.56. The topological polar surface area (TPSA) is 38.8 Å². The van der Waals surface area contributed by atoms with Crippen LogP contribution in [0.2, 0.25) is 0 Å². The fraction of sp³-hybridized carbons (Fsp3) is 0.444. The molecule has 0 atom stereocenters. The van der Waals surface area contributed by atoms with Crippen LogP contribution in [0.4, 0.5) is 4.79 Å². The lowest BCUT2D eigenvalue weighted by atomic mass is 10.1. The third-order valence-corrected chi connectivity index (χ3v) is 4.78. The molecule has 2 aromatic carbocycles. The van der Waals surface area contributed by atoms with Gasteiger partial charge in [0.05, 0.1) is 0 Å². The molecular weight excluding hydrogens is 386 g/mol. The van der Waals surface area contributed by atoms with Gasteiger partial charge in [0.25, 0.3) is 0 Å². The number of rotatable bonds is 11. The molecule has 1 amide bonds. The van der Waals surface area contributed by atoms with Gasteiger partial charge in [-0.05, 0) is 62.1 Å². The summed E-state index contributed by atoms with van der Waals surface area (Å²) in [4.78, 5) is 14.6. The van der Waals surface area contributed by atoms with E-state index in [1.165, 1.54) is 6.42 Å². The molecule has 0 bridgehead atoms. The first-order valence-corrected chi connectivity index (χ1v) is 11.2. The van der Waals surface area contributed by atoms with Crippen LogP contribution in [0.25, 0.3) is 6.08 Å². The summed E-state index contributed by atoms with van der Waals surface area (Å²) >= 11 is 0. The van der Waals surface area contributed by atoms with Gasteiger partial charge in [-0.15, -0.1) is 0 Å². The quantitative estimate of drug-likeness (QED) is 0.358. The van der Waals surface area contributed by atoms with Crippen molar-refractivity contribution in [1.29, 1.82) is 0 Å². The molecular formula is C27H37NO3. The van der Waals surface area contributed by atoms with Crippen LogP contribution >= 0.6 is 0 Å². The van der Waals surface area contributed by atoms with E-state index in [9.17, 15) is 4.79 Å². The van der Waals surface area contributed by atoms with Crippen LogP contribution in [-0.4, -0.2) is 23.1 Å². The molecule has 0 unspecified atom stereocenters. The Morgan fingerprint density at radius 1 is 1.03 bits per heavy atom. The molecule has 0 fully saturated rings. The van der Waals surface area contributed by atoms with Gasteiger partial charge >= 0.3 is 6.09 Å². The van der Waals surface area contributed by atoms with Crippen LogP contribution < -0.4 is 4.74 Å². The molecule has 0 aliphatic carbocycles. The molecule has 0 spiro atoms. The average Bonchev–Trinajstić information content (AvgIpc) is 2.73. The molecule has 0 saturated heterocycles. The number of ether oxygens (including phenoxy) is 2. The second-order valence-corrected chi connectivity index (χ2v) is 8.85. The highest BCUT2D eigenvalue weighted by Crippen LogP contribution is 2.22. The molecule has 2 rings (SSSR count). The lowest BCUT2D eigenvalue weighted by Crippen LogP contribution is -2.37. The Hall–Kier alpha value is -2.75. The van der Waals surface area contributed by atoms with Gasteiger partial charge in [0.2, 0.25) is 0 Å². The molecule has 0 aliphatic rings. The van der Waals surface area contributed by atoms with Gasteiger partial charge in [0.15, 0.2) is 0 Å². The van der Waals surface area contributed by atoms with Crippen LogP contribution in [0.3, 0.4) is 0 Å². The average molecular weight is 424 g/mol. The lowest BCUT2D eigenvalue weighted by molar-refractivity contribution is 0.0230. The van der Waals surface area contributed by atoms with Gasteiger partial charge < -0.3 is 14.4 Å². The summed E-state index contributed by atoms with van der Waals surface area (Å²) in [6.45, 7) is 13.4. The molecule has 168 valence electrons. The Morgan fingerprint density at radius 3 is 2.42 bits per heavy atom. The van der Waals surface area contributed by atoms with Crippen LogP contribution in [0.5, 0.6) is 5.75 Å². The highest BCUT2D eigenvalue weighted by Gasteiger charge is 2.22. The predicted molar refractivity (Wildman–Crippen MR) is 128 cm³/mol. The number of carbonyl (C=O) groups is 1. The highest BCUT2D eigenvalue weighted by molar-refractivity contribution is 5.68. The zero-order valence-corrected chi connectivity index (χ0v) is 19.5. The summed E-state index contributed by atoms with van der Waals surface area (Å²) in [5.74, 6) is 0.770. The number of hydrogen-bond acceptors (Lipinski definition) is 3. The molecule has 4 heteroatoms. The molecule has 0 saturated carbocycles. The van der Waals surface area contributed by atoms with Crippen LogP contribution in [0, 0.1) is 0 Å². The first-order chi connectivity index (χ1) is 14.8.